The van der Waals surface area contributed by atoms with Crippen LogP contribution in [-0.2, 0) is 11.2 Å². The molecule has 0 saturated heterocycles. The molecule has 0 spiro atoms. The summed E-state index contributed by atoms with van der Waals surface area (Å²) in [6.07, 6.45) is 4.77. The Hall–Kier alpha value is -1.42. The van der Waals surface area contributed by atoms with Crippen LogP contribution in [-0.4, -0.2) is 23.2 Å². The van der Waals surface area contributed by atoms with Gasteiger partial charge in [0.25, 0.3) is 0 Å². The molecule has 1 aromatic carbocycles. The molecule has 1 aliphatic rings. The van der Waals surface area contributed by atoms with Crippen molar-refractivity contribution in [2.45, 2.75) is 44.1 Å². The SMILES string of the molecule is O=C(CCc1ccc(F)cc1)NC1(CO)CCCC1. The molecule has 1 aliphatic carbocycles. The molecule has 1 fully saturated rings. The van der Waals surface area contributed by atoms with Gasteiger partial charge >= 0.3 is 0 Å². The van der Waals surface area contributed by atoms with Gasteiger partial charge in [-0.15, -0.1) is 0 Å². The summed E-state index contributed by atoms with van der Waals surface area (Å²) in [5.74, 6) is -0.307. The number of halogens is 1. The van der Waals surface area contributed by atoms with E-state index in [1.165, 1.54) is 12.1 Å². The lowest BCUT2D eigenvalue weighted by molar-refractivity contribution is -0.123. The van der Waals surface area contributed by atoms with E-state index in [4.69, 9.17) is 0 Å². The fourth-order valence-electron chi connectivity index (χ4n) is 2.64. The highest BCUT2D eigenvalue weighted by molar-refractivity contribution is 5.77. The highest BCUT2D eigenvalue weighted by Gasteiger charge is 2.34. The first kappa shape index (κ1) is 14.0. The summed E-state index contributed by atoms with van der Waals surface area (Å²) < 4.78 is 12.7. The highest BCUT2D eigenvalue weighted by Crippen LogP contribution is 2.29. The van der Waals surface area contributed by atoms with Crippen LogP contribution in [0.3, 0.4) is 0 Å². The van der Waals surface area contributed by atoms with E-state index in [1.807, 2.05) is 0 Å². The Kier molecular flexibility index (Phi) is 4.53. The van der Waals surface area contributed by atoms with E-state index in [9.17, 15) is 14.3 Å². The van der Waals surface area contributed by atoms with Crippen molar-refractivity contribution in [3.63, 3.8) is 0 Å². The molecule has 2 rings (SSSR count). The van der Waals surface area contributed by atoms with Crippen LogP contribution in [0.2, 0.25) is 0 Å². The van der Waals surface area contributed by atoms with Gasteiger partial charge in [0.05, 0.1) is 12.1 Å². The van der Waals surface area contributed by atoms with Crippen molar-refractivity contribution in [1.29, 1.82) is 0 Å². The third kappa shape index (κ3) is 3.77. The molecule has 1 amide bonds. The Morgan fingerprint density at radius 2 is 1.89 bits per heavy atom. The molecule has 0 unspecified atom stereocenters. The molecule has 4 heteroatoms. The maximum atomic E-state index is 12.7. The van der Waals surface area contributed by atoms with Gasteiger partial charge in [0.1, 0.15) is 5.82 Å². The van der Waals surface area contributed by atoms with Gasteiger partial charge < -0.3 is 10.4 Å². The van der Waals surface area contributed by atoms with E-state index in [0.717, 1.165) is 31.2 Å². The van der Waals surface area contributed by atoms with Crippen LogP contribution in [0, 0.1) is 5.82 Å². The minimum Gasteiger partial charge on any atom is -0.394 e. The summed E-state index contributed by atoms with van der Waals surface area (Å²) in [7, 11) is 0. The number of aryl methyl sites for hydroxylation is 1. The molecule has 3 nitrogen and oxygen atoms in total. The van der Waals surface area contributed by atoms with Gasteiger partial charge in [-0.25, -0.2) is 4.39 Å². The lowest BCUT2D eigenvalue weighted by Crippen LogP contribution is -2.49. The Balaban J connectivity index is 1.82. The Labute approximate surface area is 112 Å². The summed E-state index contributed by atoms with van der Waals surface area (Å²) >= 11 is 0. The van der Waals surface area contributed by atoms with Gasteiger partial charge in [0.15, 0.2) is 0 Å². The molecule has 2 N–H and O–H groups in total. The number of amides is 1. The summed E-state index contributed by atoms with van der Waals surface area (Å²) in [5.41, 5.74) is 0.542. The molecule has 0 heterocycles. The zero-order valence-corrected chi connectivity index (χ0v) is 11.0. The van der Waals surface area contributed by atoms with Crippen LogP contribution in [0.15, 0.2) is 24.3 Å². The first-order valence-corrected chi connectivity index (χ1v) is 6.80. The summed E-state index contributed by atoms with van der Waals surface area (Å²) in [5, 5.41) is 12.4. The molecule has 19 heavy (non-hydrogen) atoms. The minimum absolute atomic E-state index is 0.00921. The number of aliphatic hydroxyl groups excluding tert-OH is 1. The number of hydrogen-bond acceptors (Lipinski definition) is 2. The number of aliphatic hydroxyl groups is 1. The van der Waals surface area contributed by atoms with E-state index in [1.54, 1.807) is 12.1 Å². The van der Waals surface area contributed by atoms with E-state index in [-0.39, 0.29) is 18.3 Å². The maximum absolute atomic E-state index is 12.7. The second-order valence-corrected chi connectivity index (χ2v) is 5.32. The molecule has 0 aliphatic heterocycles. The van der Waals surface area contributed by atoms with Gasteiger partial charge in [-0.2, -0.15) is 0 Å². The van der Waals surface area contributed by atoms with Crippen molar-refractivity contribution in [2.75, 3.05) is 6.61 Å². The Bertz CT molecular complexity index is 424. The van der Waals surface area contributed by atoms with Crippen LogP contribution in [0.4, 0.5) is 4.39 Å². The number of carbonyl (C=O) groups is 1. The number of hydrogen-bond donors (Lipinski definition) is 2. The molecular weight excluding hydrogens is 245 g/mol. The summed E-state index contributed by atoms with van der Waals surface area (Å²) in [6, 6.07) is 6.19. The molecule has 1 saturated carbocycles. The second kappa shape index (κ2) is 6.15. The first-order chi connectivity index (χ1) is 9.13. The number of rotatable bonds is 5. The van der Waals surface area contributed by atoms with Gasteiger partial charge in [0.2, 0.25) is 5.91 Å². The molecule has 0 aromatic heterocycles. The van der Waals surface area contributed by atoms with Crippen LogP contribution >= 0.6 is 0 Å². The van der Waals surface area contributed by atoms with Crippen molar-refractivity contribution in [3.05, 3.63) is 35.6 Å². The lowest BCUT2D eigenvalue weighted by Gasteiger charge is -2.28. The van der Waals surface area contributed by atoms with Crippen molar-refractivity contribution in [2.24, 2.45) is 0 Å². The maximum Gasteiger partial charge on any atom is 0.220 e. The van der Waals surface area contributed by atoms with Crippen molar-refractivity contribution < 1.29 is 14.3 Å². The molecule has 104 valence electrons. The fraction of sp³-hybridized carbons (Fsp3) is 0.533. The standard InChI is InChI=1S/C15H20FNO2/c16-13-6-3-12(4-7-13)5-8-14(19)17-15(11-18)9-1-2-10-15/h3-4,6-7,18H,1-2,5,8-11H2,(H,17,19). The quantitative estimate of drug-likeness (QED) is 0.857. The zero-order chi connectivity index (χ0) is 13.7. The molecular formula is C15H20FNO2. The van der Waals surface area contributed by atoms with Crippen LogP contribution in [0.5, 0.6) is 0 Å². The third-order valence-corrected chi connectivity index (χ3v) is 3.82. The number of carbonyl (C=O) groups excluding carboxylic acids is 1. The largest absolute Gasteiger partial charge is 0.394 e. The predicted molar refractivity (Wildman–Crippen MR) is 71.1 cm³/mol. The Morgan fingerprint density at radius 3 is 2.47 bits per heavy atom. The minimum atomic E-state index is -0.403. The van der Waals surface area contributed by atoms with Crippen molar-refractivity contribution in [3.8, 4) is 0 Å². The van der Waals surface area contributed by atoms with E-state index >= 15 is 0 Å². The molecule has 0 atom stereocenters. The van der Waals surface area contributed by atoms with Crippen molar-refractivity contribution in [1.82, 2.24) is 5.32 Å². The zero-order valence-electron chi connectivity index (χ0n) is 11.0. The van der Waals surface area contributed by atoms with Crippen molar-refractivity contribution >= 4 is 5.91 Å². The smallest absolute Gasteiger partial charge is 0.220 e. The molecule has 0 bridgehead atoms. The average molecular weight is 265 g/mol. The highest BCUT2D eigenvalue weighted by atomic mass is 19.1. The molecule has 1 aromatic rings. The lowest BCUT2D eigenvalue weighted by atomic mass is 9.98. The summed E-state index contributed by atoms with van der Waals surface area (Å²) in [6.45, 7) is 0.00921. The Morgan fingerprint density at radius 1 is 1.26 bits per heavy atom. The van der Waals surface area contributed by atoms with Gasteiger partial charge in [-0.05, 0) is 37.0 Å². The van der Waals surface area contributed by atoms with E-state index in [2.05, 4.69) is 5.32 Å². The van der Waals surface area contributed by atoms with Gasteiger partial charge in [0, 0.05) is 6.42 Å². The van der Waals surface area contributed by atoms with Gasteiger partial charge in [-0.1, -0.05) is 25.0 Å². The fourth-order valence-corrected chi connectivity index (χ4v) is 2.64. The monoisotopic (exact) mass is 265 g/mol. The van der Waals surface area contributed by atoms with Crippen LogP contribution in [0.25, 0.3) is 0 Å². The van der Waals surface area contributed by atoms with E-state index in [0.29, 0.717) is 12.8 Å². The number of nitrogens with one attached hydrogen (secondary N) is 1. The van der Waals surface area contributed by atoms with Crippen LogP contribution < -0.4 is 5.32 Å². The normalized spacial score (nSPS) is 17.4. The van der Waals surface area contributed by atoms with Crippen LogP contribution in [0.1, 0.15) is 37.7 Å². The topological polar surface area (TPSA) is 49.3 Å². The predicted octanol–water partition coefficient (Wildman–Crippen LogP) is 2.18. The average Bonchev–Trinajstić information content (AvgIpc) is 2.87. The first-order valence-electron chi connectivity index (χ1n) is 6.80. The summed E-state index contributed by atoms with van der Waals surface area (Å²) in [4.78, 5) is 11.9. The molecule has 0 radical (unpaired) electrons. The van der Waals surface area contributed by atoms with Gasteiger partial charge in [-0.3, -0.25) is 4.79 Å². The third-order valence-electron chi connectivity index (χ3n) is 3.82. The second-order valence-electron chi connectivity index (χ2n) is 5.32. The van der Waals surface area contributed by atoms with E-state index < -0.39 is 5.54 Å². The number of benzene rings is 1.